The van der Waals surface area contributed by atoms with Crippen molar-refractivity contribution >= 4 is 17.9 Å². The number of esters is 3. The lowest BCUT2D eigenvalue weighted by molar-refractivity contribution is -0.167. The highest BCUT2D eigenvalue weighted by atomic mass is 16.6. The fourth-order valence-electron chi connectivity index (χ4n) is 8.72. The van der Waals surface area contributed by atoms with E-state index >= 15 is 0 Å². The van der Waals surface area contributed by atoms with Crippen LogP contribution < -0.4 is 0 Å². The minimum Gasteiger partial charge on any atom is -0.462 e. The zero-order chi connectivity index (χ0) is 50.7. The van der Waals surface area contributed by atoms with Crippen LogP contribution in [0.5, 0.6) is 0 Å². The van der Waals surface area contributed by atoms with Gasteiger partial charge < -0.3 is 14.2 Å². The average Bonchev–Trinajstić information content (AvgIpc) is 3.36. The Kier molecular flexibility index (Phi) is 56.3. The number of rotatable bonds is 55. The van der Waals surface area contributed by atoms with Crippen LogP contribution in [0.2, 0.25) is 0 Å². The Morgan fingerprint density at radius 3 is 0.886 bits per heavy atom. The molecule has 1 atom stereocenters. The molecule has 0 aliphatic carbocycles. The van der Waals surface area contributed by atoms with Gasteiger partial charge in [-0.1, -0.05) is 268 Å². The predicted octanol–water partition coefficient (Wildman–Crippen LogP) is 20.4. The summed E-state index contributed by atoms with van der Waals surface area (Å²) < 4.78 is 16.8. The maximum atomic E-state index is 12.8. The minimum atomic E-state index is -0.775. The van der Waals surface area contributed by atoms with Gasteiger partial charge in [0.25, 0.3) is 0 Å². The summed E-state index contributed by atoms with van der Waals surface area (Å²) in [5.41, 5.74) is 0. The molecule has 0 aromatic rings. The van der Waals surface area contributed by atoms with Crippen LogP contribution in [-0.4, -0.2) is 37.2 Å². The molecule has 1 unspecified atom stereocenters. The first-order valence-electron chi connectivity index (χ1n) is 30.3. The van der Waals surface area contributed by atoms with Crippen LogP contribution in [0.15, 0.2) is 60.8 Å². The van der Waals surface area contributed by atoms with Crippen LogP contribution in [0.4, 0.5) is 0 Å². The van der Waals surface area contributed by atoms with Gasteiger partial charge in [0.1, 0.15) is 13.2 Å². The number of carbonyl (C=O) groups excluding carboxylic acids is 3. The van der Waals surface area contributed by atoms with Crippen molar-refractivity contribution in [3.05, 3.63) is 60.8 Å². The lowest BCUT2D eigenvalue weighted by Crippen LogP contribution is -2.30. The van der Waals surface area contributed by atoms with E-state index in [1.807, 2.05) is 0 Å². The van der Waals surface area contributed by atoms with Gasteiger partial charge in [-0.15, -0.1) is 0 Å². The van der Waals surface area contributed by atoms with E-state index in [0.29, 0.717) is 19.3 Å². The highest BCUT2D eigenvalue weighted by molar-refractivity contribution is 5.71. The number of carbonyl (C=O) groups is 3. The molecule has 70 heavy (non-hydrogen) atoms. The normalized spacial score (nSPS) is 12.4. The second-order valence-electron chi connectivity index (χ2n) is 20.2. The first-order valence-corrected chi connectivity index (χ1v) is 30.3. The van der Waals surface area contributed by atoms with Crippen molar-refractivity contribution in [1.29, 1.82) is 0 Å². The summed E-state index contributed by atoms with van der Waals surface area (Å²) in [6, 6.07) is 0. The Morgan fingerprint density at radius 2 is 0.557 bits per heavy atom. The lowest BCUT2D eigenvalue weighted by atomic mass is 10.0. The molecule has 0 aromatic heterocycles. The molecule has 0 amide bonds. The van der Waals surface area contributed by atoms with Crippen molar-refractivity contribution in [3.8, 4) is 0 Å². The van der Waals surface area contributed by atoms with E-state index in [0.717, 1.165) is 89.9 Å². The third kappa shape index (κ3) is 56.0. The molecule has 0 saturated heterocycles. The summed E-state index contributed by atoms with van der Waals surface area (Å²) in [5, 5.41) is 0. The van der Waals surface area contributed by atoms with Crippen LogP contribution in [0.25, 0.3) is 0 Å². The molecule has 6 heteroatoms. The van der Waals surface area contributed by atoms with Gasteiger partial charge in [0.05, 0.1) is 0 Å². The molecule has 0 saturated carbocycles. The molecule has 0 aromatic carbocycles. The van der Waals surface area contributed by atoms with E-state index in [1.165, 1.54) is 180 Å². The molecular formula is C64H114O6. The zero-order valence-corrected chi connectivity index (χ0v) is 46.5. The molecule has 0 bridgehead atoms. The summed E-state index contributed by atoms with van der Waals surface area (Å²) in [6.45, 7) is 6.49. The van der Waals surface area contributed by atoms with E-state index in [9.17, 15) is 14.4 Å². The zero-order valence-electron chi connectivity index (χ0n) is 46.5. The molecule has 0 radical (unpaired) electrons. The van der Waals surface area contributed by atoms with Gasteiger partial charge in [0.2, 0.25) is 0 Å². The van der Waals surface area contributed by atoms with Crippen LogP contribution in [0.1, 0.15) is 310 Å². The van der Waals surface area contributed by atoms with Crippen molar-refractivity contribution < 1.29 is 28.6 Å². The fraction of sp³-hybridized carbons (Fsp3) is 0.797. The Hall–Kier alpha value is -2.89. The highest BCUT2D eigenvalue weighted by Crippen LogP contribution is 2.16. The third-order valence-electron chi connectivity index (χ3n) is 13.3. The molecule has 0 fully saturated rings. The average molecular weight is 980 g/mol. The largest absolute Gasteiger partial charge is 0.462 e. The molecular weight excluding hydrogens is 865 g/mol. The third-order valence-corrected chi connectivity index (χ3v) is 13.3. The van der Waals surface area contributed by atoms with Crippen molar-refractivity contribution in [2.75, 3.05) is 13.2 Å². The van der Waals surface area contributed by atoms with Crippen LogP contribution in [0.3, 0.4) is 0 Å². The van der Waals surface area contributed by atoms with Gasteiger partial charge >= 0.3 is 17.9 Å². The van der Waals surface area contributed by atoms with E-state index in [2.05, 4.69) is 81.5 Å². The van der Waals surface area contributed by atoms with Crippen LogP contribution >= 0.6 is 0 Å². The number of hydrogen-bond acceptors (Lipinski definition) is 6. The molecule has 0 heterocycles. The van der Waals surface area contributed by atoms with Crippen molar-refractivity contribution in [2.45, 2.75) is 316 Å². The fourth-order valence-corrected chi connectivity index (χ4v) is 8.72. The predicted molar refractivity (Wildman–Crippen MR) is 302 cm³/mol. The summed E-state index contributed by atoms with van der Waals surface area (Å²) in [5.74, 6) is -0.882. The summed E-state index contributed by atoms with van der Waals surface area (Å²) >= 11 is 0. The Labute approximate surface area is 434 Å². The maximum absolute atomic E-state index is 12.8. The maximum Gasteiger partial charge on any atom is 0.306 e. The Bertz CT molecular complexity index is 1260. The number of allylic oxidation sites excluding steroid dienone is 10. The topological polar surface area (TPSA) is 78.9 Å². The van der Waals surface area contributed by atoms with Gasteiger partial charge in [0.15, 0.2) is 6.10 Å². The van der Waals surface area contributed by atoms with Crippen LogP contribution in [0, 0.1) is 0 Å². The molecule has 6 nitrogen and oxygen atoms in total. The summed E-state index contributed by atoms with van der Waals surface area (Å²) in [4.78, 5) is 37.9. The van der Waals surface area contributed by atoms with Crippen molar-refractivity contribution in [3.63, 3.8) is 0 Å². The lowest BCUT2D eigenvalue weighted by Gasteiger charge is -2.18. The van der Waals surface area contributed by atoms with Gasteiger partial charge in [-0.05, 0) is 83.5 Å². The number of ether oxygens (including phenoxy) is 3. The molecule has 0 spiro atoms. The molecule has 0 aliphatic rings. The summed E-state index contributed by atoms with van der Waals surface area (Å²) in [6.07, 6.45) is 74.0. The van der Waals surface area contributed by atoms with E-state index in [-0.39, 0.29) is 31.1 Å². The van der Waals surface area contributed by atoms with Crippen molar-refractivity contribution in [1.82, 2.24) is 0 Å². The molecule has 406 valence electrons. The highest BCUT2D eigenvalue weighted by Gasteiger charge is 2.19. The van der Waals surface area contributed by atoms with Crippen LogP contribution in [-0.2, 0) is 28.6 Å². The van der Waals surface area contributed by atoms with E-state index in [1.54, 1.807) is 0 Å². The Balaban J connectivity index is 4.10. The smallest absolute Gasteiger partial charge is 0.306 e. The quantitative estimate of drug-likeness (QED) is 0.0261. The summed E-state index contributed by atoms with van der Waals surface area (Å²) in [7, 11) is 0. The van der Waals surface area contributed by atoms with E-state index in [4.69, 9.17) is 14.2 Å². The van der Waals surface area contributed by atoms with Crippen molar-refractivity contribution in [2.24, 2.45) is 0 Å². The SMILES string of the molecule is CC/C=C\C/C=C\C/C=C\C/C=C\CCCCCCCCCCC(=O)OC(COC(=O)CCCCCCCC)COC(=O)CCCCCCCCCCCCCCC/C=C\CCCCCCCCCC. The van der Waals surface area contributed by atoms with Gasteiger partial charge in [0, 0.05) is 19.3 Å². The van der Waals surface area contributed by atoms with Gasteiger partial charge in [-0.25, -0.2) is 0 Å². The second-order valence-corrected chi connectivity index (χ2v) is 20.2. The van der Waals surface area contributed by atoms with Gasteiger partial charge in [-0.2, -0.15) is 0 Å². The Morgan fingerprint density at radius 1 is 0.300 bits per heavy atom. The molecule has 0 aliphatic heterocycles. The monoisotopic (exact) mass is 979 g/mol. The molecule has 0 N–H and O–H groups in total. The molecule has 0 rings (SSSR count). The number of unbranched alkanes of at least 4 members (excludes halogenated alkanes) is 34. The van der Waals surface area contributed by atoms with Gasteiger partial charge in [-0.3, -0.25) is 14.4 Å². The number of hydrogen-bond donors (Lipinski definition) is 0. The van der Waals surface area contributed by atoms with E-state index < -0.39 is 6.10 Å². The first-order chi connectivity index (χ1) is 34.5. The first kappa shape index (κ1) is 67.1. The standard InChI is InChI=1S/C64H114O6/c1-4-7-10-13-16-18-20-22-24-26-28-30-31-32-33-35-36-38-40-42-44-46-48-51-54-57-63(66)69-60-61(59-68-62(65)56-53-50-15-12-9-6-3)70-64(67)58-55-52-49-47-45-43-41-39-37-34-29-27-25-23-21-19-17-14-11-8-5-2/h8,11,17,19,23,25-26,28-29,34,61H,4-7,9-10,12-16,18,20-22,24,27,30-33,35-60H2,1-3H3/b11-8-,19-17-,25-23-,28-26-,34-29-. The minimum absolute atomic E-state index is 0.0755. The second kappa shape index (κ2) is 58.7.